The number of nitriles is 2. The lowest BCUT2D eigenvalue weighted by Gasteiger charge is -2.00. The van der Waals surface area contributed by atoms with Crippen LogP contribution in [-0.4, -0.2) is 5.71 Å². The standard InChI is InChI=1S/C12H9ClN4/c1-8(9-2-4-10(13)5-3-9)17-12(7-15)11(16)6-14/h2-5H,16H2,1H3/b12-11-,17-8+. The molecule has 1 aromatic carbocycles. The molecule has 1 aromatic rings. The van der Waals surface area contributed by atoms with Crippen molar-refractivity contribution in [2.75, 3.05) is 0 Å². The van der Waals surface area contributed by atoms with E-state index in [0.29, 0.717) is 10.7 Å². The van der Waals surface area contributed by atoms with Crippen LogP contribution in [0.4, 0.5) is 0 Å². The van der Waals surface area contributed by atoms with Gasteiger partial charge >= 0.3 is 0 Å². The van der Waals surface area contributed by atoms with E-state index in [2.05, 4.69) is 4.99 Å². The van der Waals surface area contributed by atoms with Crippen molar-refractivity contribution in [3.05, 3.63) is 46.2 Å². The van der Waals surface area contributed by atoms with Crippen molar-refractivity contribution in [3.63, 3.8) is 0 Å². The number of nitrogens with two attached hydrogens (primary N) is 1. The third-order valence-corrected chi connectivity index (χ3v) is 2.27. The van der Waals surface area contributed by atoms with E-state index in [1.807, 2.05) is 0 Å². The Morgan fingerprint density at radius 3 is 2.29 bits per heavy atom. The van der Waals surface area contributed by atoms with Crippen molar-refractivity contribution < 1.29 is 0 Å². The average molecular weight is 245 g/mol. The van der Waals surface area contributed by atoms with Gasteiger partial charge in [-0.05, 0) is 24.6 Å². The second kappa shape index (κ2) is 5.69. The van der Waals surface area contributed by atoms with Crippen LogP contribution in [-0.2, 0) is 0 Å². The Morgan fingerprint density at radius 2 is 1.82 bits per heavy atom. The van der Waals surface area contributed by atoms with Gasteiger partial charge in [-0.3, -0.25) is 0 Å². The molecule has 0 aliphatic rings. The van der Waals surface area contributed by atoms with Gasteiger partial charge in [0.15, 0.2) is 5.70 Å². The smallest absolute Gasteiger partial charge is 0.174 e. The van der Waals surface area contributed by atoms with E-state index < -0.39 is 0 Å². The summed E-state index contributed by atoms with van der Waals surface area (Å²) in [4.78, 5) is 4.01. The largest absolute Gasteiger partial charge is 0.388 e. The molecule has 0 spiro atoms. The molecule has 0 radical (unpaired) electrons. The summed E-state index contributed by atoms with van der Waals surface area (Å²) < 4.78 is 0. The highest BCUT2D eigenvalue weighted by atomic mass is 35.5. The van der Waals surface area contributed by atoms with E-state index in [0.717, 1.165) is 5.56 Å². The molecule has 5 heteroatoms. The second-order valence-corrected chi connectivity index (χ2v) is 3.63. The molecule has 0 heterocycles. The van der Waals surface area contributed by atoms with Gasteiger partial charge in [-0.2, -0.15) is 10.5 Å². The van der Waals surface area contributed by atoms with E-state index in [-0.39, 0.29) is 11.4 Å². The van der Waals surface area contributed by atoms with Gasteiger partial charge in [0, 0.05) is 10.7 Å². The third kappa shape index (κ3) is 3.34. The van der Waals surface area contributed by atoms with Crippen LogP contribution in [0.5, 0.6) is 0 Å². The second-order valence-electron chi connectivity index (χ2n) is 3.19. The summed E-state index contributed by atoms with van der Waals surface area (Å²) >= 11 is 5.76. The summed E-state index contributed by atoms with van der Waals surface area (Å²) in [5.41, 5.74) is 6.48. The fourth-order valence-electron chi connectivity index (χ4n) is 1.12. The Morgan fingerprint density at radius 1 is 1.24 bits per heavy atom. The van der Waals surface area contributed by atoms with Crippen molar-refractivity contribution in [2.45, 2.75) is 6.92 Å². The quantitative estimate of drug-likeness (QED) is 0.640. The Labute approximate surface area is 104 Å². The van der Waals surface area contributed by atoms with Crippen LogP contribution < -0.4 is 5.73 Å². The lowest BCUT2D eigenvalue weighted by atomic mass is 10.1. The first-order chi connectivity index (χ1) is 8.08. The van der Waals surface area contributed by atoms with E-state index in [4.69, 9.17) is 27.9 Å². The zero-order valence-electron chi connectivity index (χ0n) is 9.11. The first kappa shape index (κ1) is 12.8. The van der Waals surface area contributed by atoms with Crippen LogP contribution >= 0.6 is 11.6 Å². The fourth-order valence-corrected chi connectivity index (χ4v) is 1.25. The van der Waals surface area contributed by atoms with Crippen molar-refractivity contribution in [3.8, 4) is 12.1 Å². The van der Waals surface area contributed by atoms with Crippen LogP contribution in [0.1, 0.15) is 12.5 Å². The van der Waals surface area contributed by atoms with Gasteiger partial charge in [0.25, 0.3) is 0 Å². The van der Waals surface area contributed by atoms with E-state index >= 15 is 0 Å². The number of allylic oxidation sites excluding steroid dienone is 2. The van der Waals surface area contributed by atoms with Crippen molar-refractivity contribution in [2.24, 2.45) is 10.7 Å². The van der Waals surface area contributed by atoms with E-state index in [9.17, 15) is 0 Å². The molecule has 2 N–H and O–H groups in total. The highest BCUT2D eigenvalue weighted by Crippen LogP contribution is 2.11. The van der Waals surface area contributed by atoms with Crippen LogP contribution in [0, 0.1) is 22.7 Å². The third-order valence-electron chi connectivity index (χ3n) is 2.02. The summed E-state index contributed by atoms with van der Waals surface area (Å²) in [6.07, 6.45) is 0. The Balaban J connectivity index is 3.14. The SMILES string of the molecule is C/C(=N\C(C#N)=C(/N)C#N)c1ccc(Cl)cc1. The minimum absolute atomic E-state index is 0.0834. The molecule has 84 valence electrons. The summed E-state index contributed by atoms with van der Waals surface area (Å²) in [7, 11) is 0. The molecule has 0 fully saturated rings. The maximum absolute atomic E-state index is 8.80. The zero-order chi connectivity index (χ0) is 12.8. The molecular weight excluding hydrogens is 236 g/mol. The number of halogens is 1. The molecule has 4 nitrogen and oxygen atoms in total. The first-order valence-corrected chi connectivity index (χ1v) is 5.07. The lowest BCUT2D eigenvalue weighted by Crippen LogP contribution is -2.01. The minimum Gasteiger partial charge on any atom is -0.388 e. The topological polar surface area (TPSA) is 86.0 Å². The molecule has 0 aliphatic heterocycles. The van der Waals surface area contributed by atoms with Gasteiger partial charge in [-0.25, -0.2) is 4.99 Å². The summed E-state index contributed by atoms with van der Waals surface area (Å²) in [5, 5.41) is 18.0. The Bertz CT molecular complexity index is 556. The molecule has 0 aromatic heterocycles. The lowest BCUT2D eigenvalue weighted by molar-refractivity contribution is 1.26. The van der Waals surface area contributed by atoms with Gasteiger partial charge in [-0.15, -0.1) is 0 Å². The minimum atomic E-state index is -0.194. The van der Waals surface area contributed by atoms with Gasteiger partial charge in [0.1, 0.15) is 17.8 Å². The molecule has 0 saturated heterocycles. The maximum Gasteiger partial charge on any atom is 0.174 e. The van der Waals surface area contributed by atoms with Crippen LogP contribution in [0.3, 0.4) is 0 Å². The highest BCUT2D eigenvalue weighted by Gasteiger charge is 2.03. The fraction of sp³-hybridized carbons (Fsp3) is 0.0833. The van der Waals surface area contributed by atoms with Crippen molar-refractivity contribution in [1.29, 1.82) is 10.5 Å². The average Bonchev–Trinajstić information content (AvgIpc) is 2.35. The molecule has 0 amide bonds. The predicted molar refractivity (Wildman–Crippen MR) is 66.1 cm³/mol. The monoisotopic (exact) mass is 244 g/mol. The molecule has 0 saturated carbocycles. The first-order valence-electron chi connectivity index (χ1n) is 4.69. The van der Waals surface area contributed by atoms with Crippen LogP contribution in [0.2, 0.25) is 5.02 Å². The summed E-state index contributed by atoms with van der Waals surface area (Å²) in [6.45, 7) is 1.73. The number of nitrogens with zero attached hydrogens (tertiary/aromatic N) is 3. The zero-order valence-corrected chi connectivity index (χ0v) is 9.86. The molecule has 0 unspecified atom stereocenters. The molecule has 17 heavy (non-hydrogen) atoms. The maximum atomic E-state index is 8.80. The molecule has 0 bridgehead atoms. The summed E-state index contributed by atoms with van der Waals surface area (Å²) in [5.74, 6) is 0. The van der Waals surface area contributed by atoms with Gasteiger partial charge in [-0.1, -0.05) is 23.7 Å². The number of rotatable bonds is 2. The number of hydrogen-bond donors (Lipinski definition) is 1. The molecular formula is C12H9ClN4. The predicted octanol–water partition coefficient (Wildman–Crippen LogP) is 2.37. The van der Waals surface area contributed by atoms with Gasteiger partial charge < -0.3 is 5.73 Å². The Kier molecular flexibility index (Phi) is 4.28. The van der Waals surface area contributed by atoms with E-state index in [1.165, 1.54) is 0 Å². The molecule has 0 aliphatic carbocycles. The number of hydrogen-bond acceptors (Lipinski definition) is 4. The summed E-state index contributed by atoms with van der Waals surface area (Å²) in [6, 6.07) is 10.5. The van der Waals surface area contributed by atoms with Crippen LogP contribution in [0.15, 0.2) is 40.7 Å². The van der Waals surface area contributed by atoms with Crippen molar-refractivity contribution in [1.82, 2.24) is 0 Å². The number of aliphatic imine (C=N–C) groups is 1. The molecule has 1 rings (SSSR count). The normalized spacial score (nSPS) is 12.4. The highest BCUT2D eigenvalue weighted by molar-refractivity contribution is 6.30. The van der Waals surface area contributed by atoms with Crippen molar-refractivity contribution >= 4 is 17.3 Å². The van der Waals surface area contributed by atoms with Crippen LogP contribution in [0.25, 0.3) is 0 Å². The Hall–Kier alpha value is -2.30. The molecule has 0 atom stereocenters. The van der Waals surface area contributed by atoms with Gasteiger partial charge in [0.05, 0.1) is 0 Å². The van der Waals surface area contributed by atoms with Gasteiger partial charge in [0.2, 0.25) is 0 Å². The van der Waals surface area contributed by atoms with E-state index in [1.54, 1.807) is 43.3 Å². The number of benzene rings is 1.